The summed E-state index contributed by atoms with van der Waals surface area (Å²) in [5.41, 5.74) is 6.68. The Kier molecular flexibility index (Phi) is 3.95. The molecule has 1 heterocycles. The zero-order chi connectivity index (χ0) is 12.4. The second-order valence-corrected chi connectivity index (χ2v) is 7.21. The van der Waals surface area contributed by atoms with Gasteiger partial charge in [0, 0.05) is 12.1 Å². The summed E-state index contributed by atoms with van der Waals surface area (Å²) in [6, 6.07) is 0. The number of likely N-dealkylation sites (tertiary alicyclic amines) is 1. The van der Waals surface area contributed by atoms with Crippen molar-refractivity contribution in [2.75, 3.05) is 19.6 Å². The summed E-state index contributed by atoms with van der Waals surface area (Å²) >= 11 is 0. The molecule has 0 spiro atoms. The highest BCUT2D eigenvalue weighted by molar-refractivity contribution is 4.91. The highest BCUT2D eigenvalue weighted by atomic mass is 15.1. The standard InChI is InChI=1S/C16H30N2/c17-16(8-3-4-9-16)10-12-18-11-7-14-5-1-2-6-15(14)13-18/h14-15H,1-13,17H2. The van der Waals surface area contributed by atoms with Crippen molar-refractivity contribution in [2.45, 2.75) is 69.7 Å². The summed E-state index contributed by atoms with van der Waals surface area (Å²) in [7, 11) is 0. The van der Waals surface area contributed by atoms with Crippen LogP contribution in [-0.2, 0) is 0 Å². The van der Waals surface area contributed by atoms with Crippen LogP contribution in [0.5, 0.6) is 0 Å². The maximum Gasteiger partial charge on any atom is 0.0166 e. The third-order valence-electron chi connectivity index (χ3n) is 5.90. The number of hydrogen-bond donors (Lipinski definition) is 1. The van der Waals surface area contributed by atoms with Crippen LogP contribution in [0.4, 0.5) is 0 Å². The number of nitrogens with two attached hydrogens (primary N) is 1. The van der Waals surface area contributed by atoms with Crippen molar-refractivity contribution in [2.24, 2.45) is 17.6 Å². The first kappa shape index (κ1) is 12.9. The van der Waals surface area contributed by atoms with E-state index >= 15 is 0 Å². The fraction of sp³-hybridized carbons (Fsp3) is 1.00. The second-order valence-electron chi connectivity index (χ2n) is 7.21. The first-order valence-electron chi connectivity index (χ1n) is 8.26. The molecule has 0 bridgehead atoms. The number of fused-ring (bicyclic) bond motifs is 1. The maximum atomic E-state index is 6.48. The minimum atomic E-state index is 0.198. The molecule has 0 aromatic heterocycles. The molecule has 2 N–H and O–H groups in total. The van der Waals surface area contributed by atoms with Gasteiger partial charge in [0.05, 0.1) is 0 Å². The molecule has 3 rings (SSSR count). The molecule has 2 aliphatic carbocycles. The van der Waals surface area contributed by atoms with E-state index in [4.69, 9.17) is 5.73 Å². The molecule has 2 nitrogen and oxygen atoms in total. The van der Waals surface area contributed by atoms with Crippen LogP contribution in [0.15, 0.2) is 0 Å². The van der Waals surface area contributed by atoms with Gasteiger partial charge in [-0.05, 0) is 57.0 Å². The van der Waals surface area contributed by atoms with E-state index in [9.17, 15) is 0 Å². The quantitative estimate of drug-likeness (QED) is 0.833. The Hall–Kier alpha value is -0.0800. The van der Waals surface area contributed by atoms with E-state index in [1.165, 1.54) is 83.8 Å². The summed E-state index contributed by atoms with van der Waals surface area (Å²) in [5.74, 6) is 2.08. The molecule has 3 aliphatic rings. The molecule has 2 saturated carbocycles. The van der Waals surface area contributed by atoms with Gasteiger partial charge in [0.15, 0.2) is 0 Å². The predicted molar refractivity (Wildman–Crippen MR) is 76.5 cm³/mol. The number of hydrogen-bond acceptors (Lipinski definition) is 2. The molecule has 104 valence electrons. The number of piperidine rings is 1. The number of nitrogens with zero attached hydrogens (tertiary/aromatic N) is 1. The third-order valence-corrected chi connectivity index (χ3v) is 5.90. The van der Waals surface area contributed by atoms with Crippen molar-refractivity contribution in [1.29, 1.82) is 0 Å². The molecule has 18 heavy (non-hydrogen) atoms. The van der Waals surface area contributed by atoms with E-state index < -0.39 is 0 Å². The van der Waals surface area contributed by atoms with Crippen LogP contribution in [0, 0.1) is 11.8 Å². The molecule has 3 fully saturated rings. The van der Waals surface area contributed by atoms with Gasteiger partial charge in [-0.25, -0.2) is 0 Å². The van der Waals surface area contributed by atoms with E-state index in [2.05, 4.69) is 4.90 Å². The molecular weight excluding hydrogens is 220 g/mol. The van der Waals surface area contributed by atoms with E-state index in [0.717, 1.165) is 11.8 Å². The van der Waals surface area contributed by atoms with E-state index in [1.807, 2.05) is 0 Å². The minimum Gasteiger partial charge on any atom is -0.325 e. The van der Waals surface area contributed by atoms with Gasteiger partial charge >= 0.3 is 0 Å². The Morgan fingerprint density at radius 3 is 2.44 bits per heavy atom. The second kappa shape index (κ2) is 5.50. The van der Waals surface area contributed by atoms with Gasteiger partial charge in [0.25, 0.3) is 0 Å². The van der Waals surface area contributed by atoms with E-state index in [1.54, 1.807) is 0 Å². The average molecular weight is 250 g/mol. The van der Waals surface area contributed by atoms with Crippen LogP contribution in [-0.4, -0.2) is 30.1 Å². The molecule has 0 aromatic carbocycles. The van der Waals surface area contributed by atoms with Crippen molar-refractivity contribution in [1.82, 2.24) is 4.90 Å². The van der Waals surface area contributed by atoms with Gasteiger partial charge in [-0.1, -0.05) is 32.1 Å². The predicted octanol–water partition coefficient (Wildman–Crippen LogP) is 3.16. The van der Waals surface area contributed by atoms with Crippen LogP contribution >= 0.6 is 0 Å². The van der Waals surface area contributed by atoms with Crippen LogP contribution in [0.2, 0.25) is 0 Å². The lowest BCUT2D eigenvalue weighted by Gasteiger charge is -2.42. The van der Waals surface area contributed by atoms with E-state index in [0.29, 0.717) is 0 Å². The summed E-state index contributed by atoms with van der Waals surface area (Å²) in [6.07, 6.45) is 14.0. The van der Waals surface area contributed by atoms with Crippen molar-refractivity contribution < 1.29 is 0 Å². The van der Waals surface area contributed by atoms with Crippen molar-refractivity contribution in [3.8, 4) is 0 Å². The van der Waals surface area contributed by atoms with Crippen LogP contribution in [0.1, 0.15) is 64.2 Å². The van der Waals surface area contributed by atoms with E-state index in [-0.39, 0.29) is 5.54 Å². The topological polar surface area (TPSA) is 29.3 Å². The molecule has 0 aromatic rings. The fourth-order valence-corrected chi connectivity index (χ4v) is 4.59. The Labute approximate surface area is 112 Å². The molecule has 0 amide bonds. The molecule has 2 heteroatoms. The molecule has 0 radical (unpaired) electrons. The molecule has 1 saturated heterocycles. The first-order valence-corrected chi connectivity index (χ1v) is 8.26. The zero-order valence-electron chi connectivity index (χ0n) is 11.9. The maximum absolute atomic E-state index is 6.48. The van der Waals surface area contributed by atoms with Crippen molar-refractivity contribution >= 4 is 0 Å². The summed E-state index contributed by atoms with van der Waals surface area (Å²) in [6.45, 7) is 3.98. The lowest BCUT2D eigenvalue weighted by Crippen LogP contribution is -2.45. The largest absolute Gasteiger partial charge is 0.325 e. The Bertz CT molecular complexity index is 270. The first-order chi connectivity index (χ1) is 8.75. The lowest BCUT2D eigenvalue weighted by molar-refractivity contribution is 0.0812. The Morgan fingerprint density at radius 2 is 1.67 bits per heavy atom. The molecular formula is C16H30N2. The van der Waals surface area contributed by atoms with Crippen LogP contribution < -0.4 is 5.73 Å². The average Bonchev–Trinajstić information content (AvgIpc) is 2.84. The van der Waals surface area contributed by atoms with Gasteiger partial charge < -0.3 is 10.6 Å². The number of rotatable bonds is 3. The molecule has 2 unspecified atom stereocenters. The van der Waals surface area contributed by atoms with Gasteiger partial charge in [-0.3, -0.25) is 0 Å². The third kappa shape index (κ3) is 2.91. The highest BCUT2D eigenvalue weighted by Gasteiger charge is 2.33. The molecule has 2 atom stereocenters. The van der Waals surface area contributed by atoms with Gasteiger partial charge in [-0.2, -0.15) is 0 Å². The van der Waals surface area contributed by atoms with Gasteiger partial charge in [-0.15, -0.1) is 0 Å². The van der Waals surface area contributed by atoms with Crippen LogP contribution in [0.3, 0.4) is 0 Å². The smallest absolute Gasteiger partial charge is 0.0166 e. The van der Waals surface area contributed by atoms with Crippen molar-refractivity contribution in [3.05, 3.63) is 0 Å². The Morgan fingerprint density at radius 1 is 0.944 bits per heavy atom. The minimum absolute atomic E-state index is 0.198. The summed E-state index contributed by atoms with van der Waals surface area (Å²) in [5, 5.41) is 0. The van der Waals surface area contributed by atoms with Crippen molar-refractivity contribution in [3.63, 3.8) is 0 Å². The summed E-state index contributed by atoms with van der Waals surface area (Å²) < 4.78 is 0. The zero-order valence-corrected chi connectivity index (χ0v) is 11.9. The van der Waals surface area contributed by atoms with Crippen LogP contribution in [0.25, 0.3) is 0 Å². The highest BCUT2D eigenvalue weighted by Crippen LogP contribution is 2.37. The van der Waals surface area contributed by atoms with Gasteiger partial charge in [0.1, 0.15) is 0 Å². The SMILES string of the molecule is NC1(CCN2CCC3CCCCC3C2)CCCC1. The monoisotopic (exact) mass is 250 g/mol. The normalized spacial score (nSPS) is 36.5. The Balaban J connectivity index is 1.46. The molecule has 1 aliphatic heterocycles. The fourth-order valence-electron chi connectivity index (χ4n) is 4.59. The summed E-state index contributed by atoms with van der Waals surface area (Å²) in [4.78, 5) is 2.72. The lowest BCUT2D eigenvalue weighted by atomic mass is 9.75. The van der Waals surface area contributed by atoms with Gasteiger partial charge in [0.2, 0.25) is 0 Å².